The van der Waals surface area contributed by atoms with Crippen molar-refractivity contribution in [2.24, 2.45) is 0 Å². The van der Waals surface area contributed by atoms with Gasteiger partial charge in [0, 0.05) is 12.8 Å². The van der Waals surface area contributed by atoms with Crippen molar-refractivity contribution in [3.63, 3.8) is 0 Å². The van der Waals surface area contributed by atoms with E-state index >= 15 is 0 Å². The third-order valence-corrected chi connectivity index (χ3v) is 4.00. The quantitative estimate of drug-likeness (QED) is 0.754. The molecule has 0 aliphatic carbocycles. The van der Waals surface area contributed by atoms with E-state index in [1.54, 1.807) is 6.33 Å². The number of carboxylic acid groups (broad SMARTS) is 1. The predicted molar refractivity (Wildman–Crippen MR) is 77.6 cm³/mol. The number of aromatic nitrogens is 2. The topological polar surface area (TPSA) is 86.3 Å². The molecule has 0 saturated heterocycles. The number of nitrogens with zero attached hydrogens (tertiary/aromatic N) is 2. The second-order valence-electron chi connectivity index (χ2n) is 5.57. The molecule has 116 valence electrons. The first-order chi connectivity index (χ1) is 10.1. The second kappa shape index (κ2) is 7.24. The number of hydrogen-bond donors (Lipinski definition) is 2. The van der Waals surface area contributed by atoms with Crippen molar-refractivity contribution in [1.82, 2.24) is 14.9 Å². The lowest BCUT2D eigenvalue weighted by Gasteiger charge is -2.32. The number of carbonyl (C=O) groups excluding carboxylic acids is 1. The van der Waals surface area contributed by atoms with Crippen molar-refractivity contribution in [2.75, 3.05) is 0 Å². The van der Waals surface area contributed by atoms with Crippen LogP contribution in [0.4, 0.5) is 0 Å². The molecule has 2 rings (SSSR count). The van der Waals surface area contributed by atoms with E-state index in [9.17, 15) is 14.7 Å². The molecule has 6 heteroatoms. The highest BCUT2D eigenvalue weighted by Crippen LogP contribution is 2.22. The molecule has 0 saturated carbocycles. The zero-order chi connectivity index (χ0) is 15.2. The lowest BCUT2D eigenvalue weighted by Crippen LogP contribution is -2.48. The normalized spacial score (nSPS) is 17.6. The average molecular weight is 293 g/mol. The van der Waals surface area contributed by atoms with Crippen molar-refractivity contribution in [2.45, 2.75) is 64.5 Å². The lowest BCUT2D eigenvalue weighted by molar-refractivity contribution is -0.151. The number of rotatable bonds is 7. The summed E-state index contributed by atoms with van der Waals surface area (Å²) in [5, 5.41) is 9.33. The molecular formula is C15H23N3O3. The fourth-order valence-electron chi connectivity index (χ4n) is 2.74. The SMILES string of the molecule is CCCCCCCC(=O)N1Cc2[nH]cnc2CC1C(=O)O. The highest BCUT2D eigenvalue weighted by molar-refractivity contribution is 5.84. The fraction of sp³-hybridized carbons (Fsp3) is 0.667. The van der Waals surface area contributed by atoms with Crippen LogP contribution in [0.1, 0.15) is 56.8 Å². The van der Waals surface area contributed by atoms with Gasteiger partial charge in [0.1, 0.15) is 6.04 Å². The minimum atomic E-state index is -0.956. The number of amides is 1. The minimum Gasteiger partial charge on any atom is -0.480 e. The number of hydrogen-bond acceptors (Lipinski definition) is 3. The number of fused-ring (bicyclic) bond motifs is 1. The van der Waals surface area contributed by atoms with Crippen molar-refractivity contribution in [3.8, 4) is 0 Å². The van der Waals surface area contributed by atoms with Crippen LogP contribution >= 0.6 is 0 Å². The lowest BCUT2D eigenvalue weighted by atomic mass is 10.0. The number of carbonyl (C=O) groups is 2. The Hall–Kier alpha value is -1.85. The van der Waals surface area contributed by atoms with Gasteiger partial charge in [-0.25, -0.2) is 9.78 Å². The van der Waals surface area contributed by atoms with Crippen LogP contribution in [0.2, 0.25) is 0 Å². The predicted octanol–water partition coefficient (Wildman–Crippen LogP) is 2.11. The van der Waals surface area contributed by atoms with Crippen molar-refractivity contribution >= 4 is 11.9 Å². The van der Waals surface area contributed by atoms with Gasteiger partial charge in [-0.05, 0) is 6.42 Å². The second-order valence-corrected chi connectivity index (χ2v) is 5.57. The molecule has 1 aliphatic rings. The molecule has 0 spiro atoms. The van der Waals surface area contributed by atoms with Crippen molar-refractivity contribution in [3.05, 3.63) is 17.7 Å². The summed E-state index contributed by atoms with van der Waals surface area (Å²) in [5.41, 5.74) is 1.61. The molecule has 1 aromatic heterocycles. The molecule has 1 atom stereocenters. The molecule has 1 aliphatic heterocycles. The molecule has 0 bridgehead atoms. The monoisotopic (exact) mass is 293 g/mol. The van der Waals surface area contributed by atoms with Gasteiger partial charge in [0.05, 0.1) is 24.3 Å². The first-order valence-electron chi connectivity index (χ1n) is 7.67. The number of H-pyrrole nitrogens is 1. The maximum Gasteiger partial charge on any atom is 0.326 e. The summed E-state index contributed by atoms with van der Waals surface area (Å²) in [6.45, 7) is 2.47. The zero-order valence-corrected chi connectivity index (χ0v) is 12.5. The van der Waals surface area contributed by atoms with Gasteiger partial charge in [0.2, 0.25) is 5.91 Å². The van der Waals surface area contributed by atoms with E-state index in [0.29, 0.717) is 13.0 Å². The maximum atomic E-state index is 12.3. The van der Waals surface area contributed by atoms with E-state index in [1.165, 1.54) is 17.7 Å². The Morgan fingerprint density at radius 1 is 1.38 bits per heavy atom. The Bertz CT molecular complexity index is 498. The molecular weight excluding hydrogens is 270 g/mol. The molecule has 2 N–H and O–H groups in total. The van der Waals surface area contributed by atoms with Crippen LogP contribution in [0.3, 0.4) is 0 Å². The molecule has 21 heavy (non-hydrogen) atoms. The molecule has 2 heterocycles. The van der Waals surface area contributed by atoms with Gasteiger partial charge in [-0.15, -0.1) is 0 Å². The third-order valence-electron chi connectivity index (χ3n) is 4.00. The van der Waals surface area contributed by atoms with Crippen LogP contribution in [0, 0.1) is 0 Å². The Morgan fingerprint density at radius 3 is 2.86 bits per heavy atom. The molecule has 1 amide bonds. The van der Waals surface area contributed by atoms with Gasteiger partial charge < -0.3 is 15.0 Å². The summed E-state index contributed by atoms with van der Waals surface area (Å²) in [5.74, 6) is -1.03. The summed E-state index contributed by atoms with van der Waals surface area (Å²) in [7, 11) is 0. The molecule has 0 aromatic carbocycles. The number of aliphatic carboxylic acids is 1. The number of carboxylic acids is 1. The van der Waals surface area contributed by atoms with Crippen LogP contribution in [0.25, 0.3) is 0 Å². The van der Waals surface area contributed by atoms with Gasteiger partial charge >= 0.3 is 5.97 Å². The molecule has 1 aromatic rings. The van der Waals surface area contributed by atoms with E-state index in [4.69, 9.17) is 0 Å². The summed E-state index contributed by atoms with van der Waals surface area (Å²) in [6.07, 6.45) is 7.63. The first-order valence-corrected chi connectivity index (χ1v) is 7.67. The average Bonchev–Trinajstić information content (AvgIpc) is 2.92. The third kappa shape index (κ3) is 3.83. The first kappa shape index (κ1) is 15.5. The Morgan fingerprint density at radius 2 is 2.14 bits per heavy atom. The number of unbranched alkanes of at least 4 members (excludes halogenated alkanes) is 4. The van der Waals surface area contributed by atoms with Gasteiger partial charge in [-0.1, -0.05) is 32.6 Å². The highest BCUT2D eigenvalue weighted by atomic mass is 16.4. The standard InChI is InChI=1S/C15H23N3O3/c1-2-3-4-5-6-7-14(19)18-9-12-11(16-10-17-12)8-13(18)15(20)21/h10,13H,2-9H2,1H3,(H,16,17)(H,20,21). The van der Waals surface area contributed by atoms with E-state index in [1.807, 2.05) is 0 Å². The number of imidazole rings is 1. The molecule has 6 nitrogen and oxygen atoms in total. The summed E-state index contributed by atoms with van der Waals surface area (Å²) in [6, 6.07) is -0.788. The minimum absolute atomic E-state index is 0.0702. The zero-order valence-electron chi connectivity index (χ0n) is 12.5. The van der Waals surface area contributed by atoms with Crippen LogP contribution in [0.5, 0.6) is 0 Å². The Balaban J connectivity index is 1.93. The van der Waals surface area contributed by atoms with Crippen molar-refractivity contribution < 1.29 is 14.7 Å². The molecule has 0 radical (unpaired) electrons. The van der Waals surface area contributed by atoms with Gasteiger partial charge in [-0.2, -0.15) is 0 Å². The van der Waals surface area contributed by atoms with Crippen LogP contribution in [-0.2, 0) is 22.6 Å². The molecule has 1 unspecified atom stereocenters. The van der Waals surface area contributed by atoms with Crippen LogP contribution in [-0.4, -0.2) is 37.9 Å². The van der Waals surface area contributed by atoms with E-state index in [0.717, 1.165) is 30.7 Å². The van der Waals surface area contributed by atoms with Crippen molar-refractivity contribution in [1.29, 1.82) is 0 Å². The van der Waals surface area contributed by atoms with Gasteiger partial charge in [-0.3, -0.25) is 4.79 Å². The summed E-state index contributed by atoms with van der Waals surface area (Å²) in [4.78, 5) is 32.3. The van der Waals surface area contributed by atoms with E-state index < -0.39 is 12.0 Å². The van der Waals surface area contributed by atoms with Crippen LogP contribution < -0.4 is 0 Å². The number of aromatic amines is 1. The van der Waals surface area contributed by atoms with Gasteiger partial charge in [0.25, 0.3) is 0 Å². The smallest absolute Gasteiger partial charge is 0.326 e. The van der Waals surface area contributed by atoms with E-state index in [-0.39, 0.29) is 12.3 Å². The molecule has 0 fully saturated rings. The fourth-order valence-corrected chi connectivity index (χ4v) is 2.74. The number of nitrogens with one attached hydrogen (secondary N) is 1. The summed E-state index contributed by atoms with van der Waals surface area (Å²) < 4.78 is 0. The Labute approximate surface area is 124 Å². The van der Waals surface area contributed by atoms with Crippen LogP contribution in [0.15, 0.2) is 6.33 Å². The largest absolute Gasteiger partial charge is 0.480 e. The van der Waals surface area contributed by atoms with Gasteiger partial charge in [0.15, 0.2) is 0 Å². The summed E-state index contributed by atoms with van der Waals surface area (Å²) >= 11 is 0. The highest BCUT2D eigenvalue weighted by Gasteiger charge is 2.35. The maximum absolute atomic E-state index is 12.3. The Kier molecular flexibility index (Phi) is 5.36. The van der Waals surface area contributed by atoms with E-state index in [2.05, 4.69) is 16.9 Å².